The summed E-state index contributed by atoms with van der Waals surface area (Å²) in [4.78, 5) is 3.83. The molecule has 0 aliphatic carbocycles. The molecule has 2 aliphatic rings. The van der Waals surface area contributed by atoms with Gasteiger partial charge in [0.05, 0.1) is 0 Å². The van der Waals surface area contributed by atoms with Crippen molar-refractivity contribution >= 4 is 34.6 Å². The van der Waals surface area contributed by atoms with E-state index in [-0.39, 0.29) is 5.84 Å². The number of thioether (sulfide) groups is 1. The third kappa shape index (κ3) is 5.06. The third-order valence-electron chi connectivity index (χ3n) is 3.97. The Morgan fingerprint density at radius 1 is 1.29 bits per heavy atom. The summed E-state index contributed by atoms with van der Waals surface area (Å²) in [6.07, 6.45) is 3.63. The first-order valence-electron chi connectivity index (χ1n) is 8.24. The van der Waals surface area contributed by atoms with Crippen LogP contribution in [0.2, 0.25) is 0 Å². The lowest BCUT2D eigenvalue weighted by Crippen LogP contribution is -2.35. The smallest absolute Gasteiger partial charge is 0.269 e. The number of benzene rings is 1. The van der Waals surface area contributed by atoms with E-state index in [2.05, 4.69) is 43.3 Å². The molecule has 0 bridgehead atoms. The molecule has 0 saturated carbocycles. The van der Waals surface area contributed by atoms with E-state index in [1.165, 1.54) is 36.4 Å². The van der Waals surface area contributed by atoms with Gasteiger partial charge in [-0.05, 0) is 55.8 Å². The summed E-state index contributed by atoms with van der Waals surface area (Å²) in [5.74, 6) is 1.69. The average molecular weight is 366 g/mol. The molecule has 1 atom stereocenters. The van der Waals surface area contributed by atoms with Crippen molar-refractivity contribution in [3.05, 3.63) is 29.8 Å². The molecule has 0 radical (unpaired) electrons. The number of nitrogens with zero attached hydrogens (tertiary/aromatic N) is 3. The van der Waals surface area contributed by atoms with Crippen LogP contribution in [-0.2, 0) is 17.7 Å². The molecule has 1 fully saturated rings. The van der Waals surface area contributed by atoms with Crippen molar-refractivity contribution in [2.75, 3.05) is 25.4 Å². The molecule has 1 unspecified atom stereocenters. The number of hydrogen-bond donors (Lipinski definition) is 2. The Morgan fingerprint density at radius 3 is 2.88 bits per heavy atom. The van der Waals surface area contributed by atoms with Crippen LogP contribution in [0.25, 0.3) is 0 Å². The third-order valence-corrected chi connectivity index (χ3v) is 5.75. The van der Waals surface area contributed by atoms with Crippen LogP contribution in [0.5, 0.6) is 0 Å². The van der Waals surface area contributed by atoms with Crippen LogP contribution in [0.3, 0.4) is 0 Å². The van der Waals surface area contributed by atoms with E-state index in [9.17, 15) is 4.21 Å². The summed E-state index contributed by atoms with van der Waals surface area (Å²) in [6.45, 7) is 4.26. The van der Waals surface area contributed by atoms with E-state index >= 15 is 0 Å². The quantitative estimate of drug-likeness (QED) is 0.568. The molecule has 6 nitrogen and oxygen atoms in total. The molecule has 1 aromatic carbocycles. The number of nitrogens with one attached hydrogen (secondary N) is 1. The topological polar surface area (TPSA) is 83.1 Å². The second kappa shape index (κ2) is 8.64. The monoisotopic (exact) mass is 365 g/mol. The van der Waals surface area contributed by atoms with Crippen molar-refractivity contribution in [2.24, 2.45) is 14.5 Å². The Morgan fingerprint density at radius 2 is 2.12 bits per heavy atom. The maximum absolute atomic E-state index is 11.1. The molecule has 3 N–H and O–H groups in total. The highest BCUT2D eigenvalue weighted by atomic mass is 32.2. The molecular formula is C16H23N5OS2. The summed E-state index contributed by atoms with van der Waals surface area (Å²) in [5.41, 5.74) is 7.01. The maximum Gasteiger partial charge on any atom is 0.269 e. The van der Waals surface area contributed by atoms with Crippen molar-refractivity contribution in [2.45, 2.75) is 30.7 Å². The van der Waals surface area contributed by atoms with Gasteiger partial charge in [-0.3, -0.25) is 4.90 Å². The lowest BCUT2D eigenvalue weighted by Gasteiger charge is -2.15. The summed E-state index contributed by atoms with van der Waals surface area (Å²) in [6, 6.07) is 8.82. The van der Waals surface area contributed by atoms with Crippen molar-refractivity contribution in [1.29, 1.82) is 0 Å². The minimum atomic E-state index is -1.55. The molecule has 1 saturated heterocycles. The maximum atomic E-state index is 11.1. The van der Waals surface area contributed by atoms with Gasteiger partial charge < -0.3 is 11.1 Å². The Kier molecular flexibility index (Phi) is 6.28. The lowest BCUT2D eigenvalue weighted by atomic mass is 10.2. The van der Waals surface area contributed by atoms with Crippen LogP contribution in [0.15, 0.2) is 38.0 Å². The van der Waals surface area contributed by atoms with E-state index < -0.39 is 11.2 Å². The number of hydrogen-bond acceptors (Lipinski definition) is 5. The molecule has 0 aromatic heterocycles. The van der Waals surface area contributed by atoms with Gasteiger partial charge in [0.2, 0.25) is 0 Å². The Hall–Kier alpha value is -1.38. The zero-order valence-electron chi connectivity index (χ0n) is 13.6. The van der Waals surface area contributed by atoms with Gasteiger partial charge in [-0.1, -0.05) is 12.1 Å². The summed E-state index contributed by atoms with van der Waals surface area (Å²) in [5, 5.41) is 3.09. The Bertz CT molecular complexity index is 656. The van der Waals surface area contributed by atoms with Crippen LogP contribution < -0.4 is 11.1 Å². The largest absolute Gasteiger partial charge is 0.380 e. The molecule has 130 valence electrons. The van der Waals surface area contributed by atoms with Crippen LogP contribution in [0.1, 0.15) is 24.8 Å². The van der Waals surface area contributed by atoms with Crippen LogP contribution in [-0.4, -0.2) is 46.2 Å². The highest BCUT2D eigenvalue weighted by molar-refractivity contribution is 7.99. The first kappa shape index (κ1) is 17.4. The van der Waals surface area contributed by atoms with E-state index in [1.54, 1.807) is 0 Å². The fourth-order valence-electron chi connectivity index (χ4n) is 2.80. The zero-order valence-corrected chi connectivity index (χ0v) is 15.2. The second-order valence-corrected chi connectivity index (χ2v) is 7.90. The molecule has 2 aliphatic heterocycles. The minimum absolute atomic E-state index is 0.232. The van der Waals surface area contributed by atoms with Gasteiger partial charge in [0.25, 0.3) is 11.2 Å². The number of likely N-dealkylation sites (tertiary alicyclic amines) is 1. The van der Waals surface area contributed by atoms with Gasteiger partial charge in [-0.15, -0.1) is 20.6 Å². The van der Waals surface area contributed by atoms with E-state index in [4.69, 9.17) is 5.73 Å². The van der Waals surface area contributed by atoms with Gasteiger partial charge in [0.1, 0.15) is 0 Å². The average Bonchev–Trinajstić information content (AvgIpc) is 3.17. The molecule has 24 heavy (non-hydrogen) atoms. The molecular weight excluding hydrogens is 342 g/mol. The Labute approximate surface area is 149 Å². The van der Waals surface area contributed by atoms with Crippen molar-refractivity contribution < 1.29 is 4.21 Å². The highest BCUT2D eigenvalue weighted by Gasteiger charge is 2.14. The Balaban J connectivity index is 1.38. The first-order chi connectivity index (χ1) is 11.7. The van der Waals surface area contributed by atoms with Gasteiger partial charge in [-0.2, -0.15) is 0 Å². The van der Waals surface area contributed by atoms with Crippen LogP contribution in [0, 0.1) is 0 Å². The van der Waals surface area contributed by atoms with Crippen molar-refractivity contribution in [3.8, 4) is 0 Å². The molecule has 1 aromatic rings. The minimum Gasteiger partial charge on any atom is -0.380 e. The van der Waals surface area contributed by atoms with E-state index in [0.717, 1.165) is 25.3 Å². The summed E-state index contributed by atoms with van der Waals surface area (Å²) in [7, 11) is 0. The summed E-state index contributed by atoms with van der Waals surface area (Å²) < 4.78 is 18.6. The molecule has 0 amide bonds. The molecule has 8 heteroatoms. The molecule has 2 heterocycles. The predicted molar refractivity (Wildman–Crippen MR) is 101 cm³/mol. The van der Waals surface area contributed by atoms with Crippen molar-refractivity contribution in [1.82, 2.24) is 10.2 Å². The van der Waals surface area contributed by atoms with Gasteiger partial charge in [0, 0.05) is 18.0 Å². The second-order valence-electron chi connectivity index (χ2n) is 5.91. The predicted octanol–water partition coefficient (Wildman–Crippen LogP) is 1.70. The van der Waals surface area contributed by atoms with Crippen LogP contribution in [0.4, 0.5) is 0 Å². The van der Waals surface area contributed by atoms with E-state index in [0.29, 0.717) is 5.84 Å². The van der Waals surface area contributed by atoms with Gasteiger partial charge in [0.15, 0.2) is 11.7 Å². The van der Waals surface area contributed by atoms with Crippen LogP contribution >= 0.6 is 11.8 Å². The molecule has 0 spiro atoms. The number of amidine groups is 2. The van der Waals surface area contributed by atoms with Gasteiger partial charge >= 0.3 is 0 Å². The zero-order chi connectivity index (χ0) is 16.8. The fraction of sp³-hybridized carbons (Fsp3) is 0.500. The fourth-order valence-corrected chi connectivity index (χ4v) is 4.34. The number of rotatable bonds is 7. The first-order valence-corrected chi connectivity index (χ1v) is 10.3. The SMILES string of the molecule is NC1=NS(=O)N=C1NCCCSc1cccc(CN2CCCC2)c1. The van der Waals surface area contributed by atoms with Crippen molar-refractivity contribution in [3.63, 3.8) is 0 Å². The van der Waals surface area contributed by atoms with E-state index in [1.807, 2.05) is 11.8 Å². The molecule has 3 rings (SSSR count). The normalized spacial score (nSPS) is 20.9. The summed E-state index contributed by atoms with van der Waals surface area (Å²) >= 11 is 0.311. The standard InChI is InChI=1S/C16H23N5OS2/c17-15-16(20-24(22)19-15)18-7-4-10-23-14-6-3-5-13(11-14)12-21-8-1-2-9-21/h3,5-6,11H,1-2,4,7-10,12H2,(H2,17,19)(H,18,20). The van der Waals surface area contributed by atoms with Gasteiger partial charge in [-0.25, -0.2) is 4.21 Å². The highest BCUT2D eigenvalue weighted by Crippen LogP contribution is 2.21. The lowest BCUT2D eigenvalue weighted by molar-refractivity contribution is 0.331. The number of nitrogens with two attached hydrogens (primary N) is 1.